The molecule has 0 aliphatic carbocycles. The molecule has 6 heteroatoms. The van der Waals surface area contributed by atoms with Crippen LogP contribution in [-0.4, -0.2) is 47.3 Å². The lowest BCUT2D eigenvalue weighted by Crippen LogP contribution is -2.50. The van der Waals surface area contributed by atoms with Crippen LogP contribution >= 0.6 is 11.6 Å². The van der Waals surface area contributed by atoms with E-state index in [1.165, 1.54) is 0 Å². The second-order valence-electron chi connectivity index (χ2n) is 6.44. The van der Waals surface area contributed by atoms with Crippen molar-refractivity contribution in [1.29, 1.82) is 0 Å². The average molecular weight is 327 g/mol. The van der Waals surface area contributed by atoms with Gasteiger partial charge in [-0.2, -0.15) is 0 Å². The molecule has 0 saturated heterocycles. The minimum Gasteiger partial charge on any atom is -0.489 e. The van der Waals surface area contributed by atoms with Gasteiger partial charge in [0.25, 0.3) is 0 Å². The summed E-state index contributed by atoms with van der Waals surface area (Å²) in [5, 5.41) is 12.7. The second kappa shape index (κ2) is 6.86. The lowest BCUT2D eigenvalue weighted by Gasteiger charge is -2.26. The highest BCUT2D eigenvalue weighted by molar-refractivity contribution is 6.30. The molecule has 22 heavy (non-hydrogen) atoms. The van der Waals surface area contributed by atoms with Crippen LogP contribution in [0, 0.1) is 0 Å². The first kappa shape index (κ1) is 17.1. The number of halogens is 1. The number of aliphatic hydroxyl groups is 1. The number of hydrogen-bond acceptors (Lipinski definition) is 4. The van der Waals surface area contributed by atoms with E-state index in [0.29, 0.717) is 18.1 Å². The van der Waals surface area contributed by atoms with E-state index in [2.05, 4.69) is 5.32 Å². The van der Waals surface area contributed by atoms with Gasteiger partial charge in [0.2, 0.25) is 5.91 Å². The molecule has 0 radical (unpaired) electrons. The Kier molecular flexibility index (Phi) is 5.32. The van der Waals surface area contributed by atoms with Crippen LogP contribution in [0.5, 0.6) is 5.75 Å². The zero-order chi connectivity index (χ0) is 16.3. The van der Waals surface area contributed by atoms with Crippen LogP contribution in [0.25, 0.3) is 0 Å². The molecule has 1 aromatic rings. The van der Waals surface area contributed by atoms with Gasteiger partial charge in [0.1, 0.15) is 11.9 Å². The number of benzene rings is 1. The predicted octanol–water partition coefficient (Wildman–Crippen LogP) is 1.81. The Hall–Kier alpha value is -1.30. The van der Waals surface area contributed by atoms with Gasteiger partial charge in [-0.25, -0.2) is 0 Å². The summed E-state index contributed by atoms with van der Waals surface area (Å²) < 4.78 is 5.87. The highest BCUT2D eigenvalue weighted by Gasteiger charge is 2.24. The fourth-order valence-electron chi connectivity index (χ4n) is 2.49. The molecule has 2 N–H and O–H groups in total. The Morgan fingerprint density at radius 2 is 2.27 bits per heavy atom. The van der Waals surface area contributed by atoms with Crippen molar-refractivity contribution in [2.24, 2.45) is 0 Å². The normalized spacial score (nSPS) is 19.0. The number of aliphatic hydroxyl groups excluding tert-OH is 1. The Morgan fingerprint density at radius 1 is 1.55 bits per heavy atom. The Bertz CT molecular complexity index is 548. The van der Waals surface area contributed by atoms with E-state index >= 15 is 0 Å². The summed E-state index contributed by atoms with van der Waals surface area (Å²) in [7, 11) is 0. The van der Waals surface area contributed by atoms with Crippen molar-refractivity contribution in [3.63, 3.8) is 0 Å². The van der Waals surface area contributed by atoms with Crippen LogP contribution in [0.3, 0.4) is 0 Å². The average Bonchev–Trinajstić information content (AvgIpc) is 2.55. The SMILES string of the molecule is CC1CN(CC(=O)NC(C)(C)CO)Cc2cc(Cl)ccc2O1. The van der Waals surface area contributed by atoms with Gasteiger partial charge < -0.3 is 15.2 Å². The molecule has 1 amide bonds. The summed E-state index contributed by atoms with van der Waals surface area (Å²) >= 11 is 6.04. The molecule has 1 heterocycles. The summed E-state index contributed by atoms with van der Waals surface area (Å²) in [6.45, 7) is 6.96. The van der Waals surface area contributed by atoms with E-state index in [0.717, 1.165) is 11.3 Å². The first-order chi connectivity index (χ1) is 10.3. The first-order valence-electron chi connectivity index (χ1n) is 7.38. The molecule has 0 bridgehead atoms. The Balaban J connectivity index is 2.07. The van der Waals surface area contributed by atoms with Gasteiger partial charge >= 0.3 is 0 Å². The van der Waals surface area contributed by atoms with Crippen molar-refractivity contribution in [2.75, 3.05) is 19.7 Å². The third-order valence-corrected chi connectivity index (χ3v) is 3.74. The summed E-state index contributed by atoms with van der Waals surface area (Å²) in [5.74, 6) is 0.701. The summed E-state index contributed by atoms with van der Waals surface area (Å²) in [6.07, 6.45) is -0.0129. The van der Waals surface area contributed by atoms with Crippen molar-refractivity contribution in [1.82, 2.24) is 10.2 Å². The van der Waals surface area contributed by atoms with Gasteiger partial charge in [-0.05, 0) is 39.0 Å². The van der Waals surface area contributed by atoms with Crippen molar-refractivity contribution in [3.05, 3.63) is 28.8 Å². The third-order valence-electron chi connectivity index (χ3n) is 3.50. The van der Waals surface area contributed by atoms with Crippen molar-refractivity contribution >= 4 is 17.5 Å². The maximum absolute atomic E-state index is 12.2. The van der Waals surface area contributed by atoms with E-state index in [1.807, 2.05) is 24.0 Å². The minimum atomic E-state index is -0.619. The molecule has 0 saturated carbocycles. The third kappa shape index (κ3) is 4.60. The van der Waals surface area contributed by atoms with Gasteiger partial charge in [0.15, 0.2) is 0 Å². The van der Waals surface area contributed by atoms with E-state index in [9.17, 15) is 9.90 Å². The van der Waals surface area contributed by atoms with E-state index < -0.39 is 5.54 Å². The molecule has 0 spiro atoms. The molecule has 1 aliphatic heterocycles. The maximum Gasteiger partial charge on any atom is 0.234 e. The Labute approximate surface area is 136 Å². The van der Waals surface area contributed by atoms with Crippen molar-refractivity contribution < 1.29 is 14.6 Å². The maximum atomic E-state index is 12.2. The molecule has 2 rings (SSSR count). The summed E-state index contributed by atoms with van der Waals surface area (Å²) in [5.41, 5.74) is 0.359. The number of nitrogens with one attached hydrogen (secondary N) is 1. The molecule has 1 aromatic carbocycles. The topological polar surface area (TPSA) is 61.8 Å². The molecule has 1 unspecified atom stereocenters. The zero-order valence-corrected chi connectivity index (χ0v) is 14.0. The van der Waals surface area contributed by atoms with Gasteiger partial charge in [-0.1, -0.05) is 11.6 Å². The molecule has 0 aromatic heterocycles. The largest absolute Gasteiger partial charge is 0.489 e. The number of fused-ring (bicyclic) bond motifs is 1. The van der Waals surface area contributed by atoms with E-state index in [4.69, 9.17) is 16.3 Å². The number of ether oxygens (including phenoxy) is 1. The quantitative estimate of drug-likeness (QED) is 0.886. The second-order valence-corrected chi connectivity index (χ2v) is 6.88. The zero-order valence-electron chi connectivity index (χ0n) is 13.2. The standard InChI is InChI=1S/C16H23ClN2O3/c1-11-7-19(9-15(21)18-16(2,3)10-20)8-12-6-13(17)4-5-14(12)22-11/h4-6,11,20H,7-10H2,1-3H3,(H,18,21). The lowest BCUT2D eigenvalue weighted by molar-refractivity contribution is -0.124. The highest BCUT2D eigenvalue weighted by Crippen LogP contribution is 2.27. The Morgan fingerprint density at radius 3 is 2.95 bits per heavy atom. The predicted molar refractivity (Wildman–Crippen MR) is 86.1 cm³/mol. The number of carbonyl (C=O) groups is 1. The lowest BCUT2D eigenvalue weighted by atomic mass is 10.1. The van der Waals surface area contributed by atoms with E-state index in [1.54, 1.807) is 19.9 Å². The van der Waals surface area contributed by atoms with Gasteiger partial charge in [-0.15, -0.1) is 0 Å². The summed E-state index contributed by atoms with van der Waals surface area (Å²) in [6, 6.07) is 5.54. The molecule has 5 nitrogen and oxygen atoms in total. The van der Waals surface area contributed by atoms with Crippen molar-refractivity contribution in [2.45, 2.75) is 39.0 Å². The first-order valence-corrected chi connectivity index (χ1v) is 7.76. The van der Waals surface area contributed by atoms with Crippen LogP contribution < -0.4 is 10.1 Å². The van der Waals surface area contributed by atoms with Gasteiger partial charge in [0, 0.05) is 23.7 Å². The van der Waals surface area contributed by atoms with E-state index in [-0.39, 0.29) is 25.2 Å². The molecule has 1 atom stereocenters. The minimum absolute atomic E-state index is 0.0129. The smallest absolute Gasteiger partial charge is 0.234 e. The molecule has 122 valence electrons. The summed E-state index contributed by atoms with van der Waals surface area (Å²) in [4.78, 5) is 14.2. The van der Waals surface area contributed by atoms with Gasteiger partial charge in [0.05, 0.1) is 18.7 Å². The van der Waals surface area contributed by atoms with Gasteiger partial charge in [-0.3, -0.25) is 9.69 Å². The van der Waals surface area contributed by atoms with Crippen LogP contribution in [0.4, 0.5) is 0 Å². The number of hydrogen-bond donors (Lipinski definition) is 2. The molecular weight excluding hydrogens is 304 g/mol. The van der Waals surface area contributed by atoms with Crippen LogP contribution in [-0.2, 0) is 11.3 Å². The molecule has 1 aliphatic rings. The number of amides is 1. The highest BCUT2D eigenvalue weighted by atomic mass is 35.5. The number of rotatable bonds is 4. The van der Waals surface area contributed by atoms with Crippen LogP contribution in [0.2, 0.25) is 5.02 Å². The number of carbonyl (C=O) groups excluding carboxylic acids is 1. The van der Waals surface area contributed by atoms with Crippen LogP contribution in [0.1, 0.15) is 26.3 Å². The number of nitrogens with zero attached hydrogens (tertiary/aromatic N) is 1. The monoisotopic (exact) mass is 326 g/mol. The van der Waals surface area contributed by atoms with Crippen LogP contribution in [0.15, 0.2) is 18.2 Å². The molecular formula is C16H23ClN2O3. The molecule has 0 fully saturated rings. The fourth-order valence-corrected chi connectivity index (χ4v) is 2.68. The fraction of sp³-hybridized carbons (Fsp3) is 0.562. The van der Waals surface area contributed by atoms with Crippen molar-refractivity contribution in [3.8, 4) is 5.75 Å².